The number of rotatable bonds is 4. The van der Waals surface area contributed by atoms with Gasteiger partial charge in [0.2, 0.25) is 0 Å². The zero-order chi connectivity index (χ0) is 13.1. The van der Waals surface area contributed by atoms with Crippen LogP contribution in [0.3, 0.4) is 0 Å². The number of aromatic nitrogens is 2. The smallest absolute Gasteiger partial charge is 0.148 e. The maximum Gasteiger partial charge on any atom is 0.148 e. The van der Waals surface area contributed by atoms with E-state index in [0.29, 0.717) is 11.8 Å². The Labute approximate surface area is 111 Å². The molecule has 96 valence electrons. The quantitative estimate of drug-likeness (QED) is 0.890. The summed E-state index contributed by atoms with van der Waals surface area (Å²) in [6, 6.07) is 5.89. The lowest BCUT2D eigenvalue weighted by Crippen LogP contribution is -2.21. The number of phenolic OH excluding ortho intramolecular Hbond substituents is 1. The molecule has 0 aliphatic carbocycles. The number of benzene rings is 1. The van der Waals surface area contributed by atoms with Crippen LogP contribution >= 0.6 is 11.3 Å². The van der Waals surface area contributed by atoms with E-state index in [1.54, 1.807) is 17.4 Å². The second kappa shape index (κ2) is 5.46. The van der Waals surface area contributed by atoms with Crippen molar-refractivity contribution in [2.75, 3.05) is 0 Å². The third kappa shape index (κ3) is 2.86. The molecule has 2 aromatic rings. The summed E-state index contributed by atoms with van der Waals surface area (Å²) in [5.41, 5.74) is 1.79. The van der Waals surface area contributed by atoms with Gasteiger partial charge in [-0.05, 0) is 13.0 Å². The van der Waals surface area contributed by atoms with Crippen molar-refractivity contribution in [1.29, 1.82) is 0 Å². The lowest BCUT2D eigenvalue weighted by molar-refractivity contribution is 0.471. The van der Waals surface area contributed by atoms with E-state index in [2.05, 4.69) is 29.4 Å². The van der Waals surface area contributed by atoms with Crippen LogP contribution in [0.25, 0.3) is 10.6 Å². The average molecular weight is 263 g/mol. The molecule has 1 heterocycles. The number of aromatic hydroxyl groups is 1. The van der Waals surface area contributed by atoms with Crippen molar-refractivity contribution in [2.45, 2.75) is 33.4 Å². The van der Waals surface area contributed by atoms with E-state index in [-0.39, 0.29) is 0 Å². The highest BCUT2D eigenvalue weighted by Gasteiger charge is 2.11. The second-order valence-electron chi connectivity index (χ2n) is 4.49. The molecule has 0 spiro atoms. The van der Waals surface area contributed by atoms with Gasteiger partial charge < -0.3 is 10.4 Å². The molecule has 0 atom stereocenters. The van der Waals surface area contributed by atoms with E-state index in [9.17, 15) is 5.11 Å². The van der Waals surface area contributed by atoms with Gasteiger partial charge in [-0.25, -0.2) is 0 Å². The Morgan fingerprint density at radius 3 is 2.83 bits per heavy atom. The van der Waals surface area contributed by atoms with Gasteiger partial charge in [-0.2, -0.15) is 0 Å². The van der Waals surface area contributed by atoms with E-state index in [1.807, 2.05) is 19.1 Å². The summed E-state index contributed by atoms with van der Waals surface area (Å²) >= 11 is 1.55. The van der Waals surface area contributed by atoms with Crippen molar-refractivity contribution in [3.8, 4) is 16.3 Å². The summed E-state index contributed by atoms with van der Waals surface area (Å²) in [4.78, 5) is 0. The summed E-state index contributed by atoms with van der Waals surface area (Å²) in [5.74, 6) is 0.296. The zero-order valence-electron chi connectivity index (χ0n) is 10.8. The monoisotopic (exact) mass is 263 g/mol. The minimum Gasteiger partial charge on any atom is -0.508 e. The standard InChI is InChI=1S/C13H17N3OS/c1-8(2)14-7-12-15-16-13(18-12)10-5-4-6-11(17)9(10)3/h4-6,8,14,17H,7H2,1-3H3. The van der Waals surface area contributed by atoms with Crippen LogP contribution < -0.4 is 5.32 Å². The first-order valence-corrected chi connectivity index (χ1v) is 6.74. The van der Waals surface area contributed by atoms with Crippen LogP contribution in [0.1, 0.15) is 24.4 Å². The number of nitrogens with one attached hydrogen (secondary N) is 1. The predicted octanol–water partition coefficient (Wildman–Crippen LogP) is 2.72. The van der Waals surface area contributed by atoms with Crippen molar-refractivity contribution in [2.24, 2.45) is 0 Å². The first kappa shape index (κ1) is 13.0. The topological polar surface area (TPSA) is 58.0 Å². The highest BCUT2D eigenvalue weighted by Crippen LogP contribution is 2.30. The fourth-order valence-corrected chi connectivity index (χ4v) is 2.45. The summed E-state index contributed by atoms with van der Waals surface area (Å²) in [6.07, 6.45) is 0. The van der Waals surface area contributed by atoms with E-state index in [0.717, 1.165) is 27.7 Å². The van der Waals surface area contributed by atoms with Crippen LogP contribution in [0.5, 0.6) is 5.75 Å². The third-order valence-electron chi connectivity index (χ3n) is 2.66. The third-order valence-corrected chi connectivity index (χ3v) is 3.62. The van der Waals surface area contributed by atoms with Crippen molar-refractivity contribution >= 4 is 11.3 Å². The minimum absolute atomic E-state index is 0.296. The Bertz CT molecular complexity index is 537. The summed E-state index contributed by atoms with van der Waals surface area (Å²) in [7, 11) is 0. The largest absolute Gasteiger partial charge is 0.508 e. The second-order valence-corrected chi connectivity index (χ2v) is 5.55. The maximum atomic E-state index is 9.69. The van der Waals surface area contributed by atoms with Crippen molar-refractivity contribution in [1.82, 2.24) is 15.5 Å². The van der Waals surface area contributed by atoms with Gasteiger partial charge in [-0.3, -0.25) is 0 Å². The average Bonchev–Trinajstić information content (AvgIpc) is 2.78. The van der Waals surface area contributed by atoms with Crippen molar-refractivity contribution < 1.29 is 5.11 Å². The zero-order valence-corrected chi connectivity index (χ0v) is 11.6. The maximum absolute atomic E-state index is 9.69. The predicted molar refractivity (Wildman–Crippen MR) is 73.7 cm³/mol. The molecule has 0 saturated heterocycles. The van der Waals surface area contributed by atoms with Crippen LogP contribution in [0, 0.1) is 6.92 Å². The minimum atomic E-state index is 0.296. The van der Waals surface area contributed by atoms with Crippen LogP contribution in [0.2, 0.25) is 0 Å². The molecule has 0 aliphatic rings. The van der Waals surface area contributed by atoms with Gasteiger partial charge in [0, 0.05) is 23.7 Å². The molecule has 0 bridgehead atoms. The molecular weight excluding hydrogens is 246 g/mol. The molecule has 0 fully saturated rings. The molecule has 2 N–H and O–H groups in total. The van der Waals surface area contributed by atoms with Crippen LogP contribution in [-0.4, -0.2) is 21.3 Å². The Balaban J connectivity index is 2.21. The number of phenols is 1. The molecule has 0 amide bonds. The Hall–Kier alpha value is -1.46. The molecule has 0 saturated carbocycles. The number of nitrogens with zero attached hydrogens (tertiary/aromatic N) is 2. The van der Waals surface area contributed by atoms with Crippen LogP contribution in [0.15, 0.2) is 18.2 Å². The van der Waals surface area contributed by atoms with Crippen LogP contribution in [-0.2, 0) is 6.54 Å². The molecule has 1 aromatic heterocycles. The Kier molecular flexibility index (Phi) is 3.93. The molecule has 0 radical (unpaired) electrons. The highest BCUT2D eigenvalue weighted by atomic mass is 32.1. The first-order valence-electron chi connectivity index (χ1n) is 5.92. The fourth-order valence-electron chi connectivity index (χ4n) is 1.58. The molecule has 2 rings (SSSR count). The molecule has 18 heavy (non-hydrogen) atoms. The molecule has 4 nitrogen and oxygen atoms in total. The van der Waals surface area contributed by atoms with E-state index < -0.39 is 0 Å². The molecule has 0 aliphatic heterocycles. The molecule has 0 unspecified atom stereocenters. The van der Waals surface area contributed by atoms with Gasteiger partial charge in [0.1, 0.15) is 15.8 Å². The Morgan fingerprint density at radius 2 is 2.11 bits per heavy atom. The van der Waals surface area contributed by atoms with Gasteiger partial charge >= 0.3 is 0 Å². The van der Waals surface area contributed by atoms with Crippen molar-refractivity contribution in [3.05, 3.63) is 28.8 Å². The molecular formula is C13H17N3OS. The Morgan fingerprint density at radius 1 is 1.33 bits per heavy atom. The van der Waals surface area contributed by atoms with Gasteiger partial charge in [0.05, 0.1) is 0 Å². The lowest BCUT2D eigenvalue weighted by atomic mass is 10.1. The normalized spacial score (nSPS) is 11.1. The van der Waals surface area contributed by atoms with Gasteiger partial charge in [0.15, 0.2) is 0 Å². The van der Waals surface area contributed by atoms with Gasteiger partial charge in [-0.1, -0.05) is 37.3 Å². The fraction of sp³-hybridized carbons (Fsp3) is 0.385. The van der Waals surface area contributed by atoms with E-state index in [4.69, 9.17) is 0 Å². The first-order chi connectivity index (χ1) is 8.58. The summed E-state index contributed by atoms with van der Waals surface area (Å²) in [6.45, 7) is 6.81. The lowest BCUT2D eigenvalue weighted by Gasteiger charge is -2.04. The van der Waals surface area contributed by atoms with E-state index in [1.165, 1.54) is 0 Å². The van der Waals surface area contributed by atoms with Gasteiger partial charge in [-0.15, -0.1) is 10.2 Å². The SMILES string of the molecule is Cc1c(O)cccc1-c1nnc(CNC(C)C)s1. The van der Waals surface area contributed by atoms with E-state index >= 15 is 0 Å². The van der Waals surface area contributed by atoms with Gasteiger partial charge in [0.25, 0.3) is 0 Å². The highest BCUT2D eigenvalue weighted by molar-refractivity contribution is 7.14. The molecule has 5 heteroatoms. The number of hydrogen-bond acceptors (Lipinski definition) is 5. The summed E-state index contributed by atoms with van der Waals surface area (Å²) in [5, 5.41) is 23.2. The number of hydrogen-bond donors (Lipinski definition) is 2. The van der Waals surface area contributed by atoms with Crippen LogP contribution in [0.4, 0.5) is 0 Å². The summed E-state index contributed by atoms with van der Waals surface area (Å²) < 4.78 is 0. The van der Waals surface area contributed by atoms with Crippen molar-refractivity contribution in [3.63, 3.8) is 0 Å². The molecule has 1 aromatic carbocycles.